The largest absolute Gasteiger partial charge is 1.00 e. The number of hydrogen-bond donors (Lipinski definition) is 2. The predicted molar refractivity (Wildman–Crippen MR) is 236 cm³/mol. The zero-order valence-electron chi connectivity index (χ0n) is 35.2. The molecule has 2 aliphatic rings. The Morgan fingerprint density at radius 1 is 0.656 bits per heavy atom. The molecule has 2 N–H and O–H groups in total. The summed E-state index contributed by atoms with van der Waals surface area (Å²) in [7, 11) is 3.20. The smallest absolute Gasteiger partial charge is 0.445 e. The Kier molecular flexibility index (Phi) is 16.7. The summed E-state index contributed by atoms with van der Waals surface area (Å²) in [5, 5.41) is 30.1. The zero-order valence-corrected chi connectivity index (χ0v) is 40.6. The molecular formula is C44H38BCl3F3KN8O4. The van der Waals surface area contributed by atoms with Crippen LogP contribution < -0.4 is 56.8 Å². The first-order chi connectivity index (χ1) is 29.7. The van der Waals surface area contributed by atoms with Gasteiger partial charge in [0.2, 0.25) is 11.2 Å². The molecule has 2 atom stereocenters. The van der Waals surface area contributed by atoms with Crippen molar-refractivity contribution in [3.8, 4) is 46.3 Å². The van der Waals surface area contributed by atoms with E-state index in [0.717, 1.165) is 40.5 Å². The minimum Gasteiger partial charge on any atom is -0.445 e. The molecule has 0 spiro atoms. The van der Waals surface area contributed by atoms with Gasteiger partial charge in [0.05, 0.1) is 17.1 Å². The van der Waals surface area contributed by atoms with E-state index in [1.54, 1.807) is 47.0 Å². The summed E-state index contributed by atoms with van der Waals surface area (Å²) < 4.78 is 41.3. The van der Waals surface area contributed by atoms with E-state index in [0.29, 0.717) is 46.2 Å². The fraction of sp³-hybridized carbons (Fsp3) is 0.227. The number of likely N-dealkylation sites (N-methyl/N-ethyl adjacent to an activating group) is 2. The van der Waals surface area contributed by atoms with Gasteiger partial charge in [-0.1, -0.05) is 88.8 Å². The summed E-state index contributed by atoms with van der Waals surface area (Å²) in [6.07, 6.45) is 3.90. The fourth-order valence-corrected chi connectivity index (χ4v) is 7.13. The van der Waals surface area contributed by atoms with Crippen molar-refractivity contribution in [1.29, 1.82) is 0 Å². The Labute approximate surface area is 425 Å². The average molecular weight is 956 g/mol. The van der Waals surface area contributed by atoms with Crippen molar-refractivity contribution in [1.82, 2.24) is 39.3 Å². The van der Waals surface area contributed by atoms with Crippen LogP contribution in [0.25, 0.3) is 22.6 Å². The van der Waals surface area contributed by atoms with Crippen LogP contribution in [0.1, 0.15) is 35.4 Å². The van der Waals surface area contributed by atoms with Gasteiger partial charge >= 0.3 is 58.4 Å². The molecule has 2 aliphatic heterocycles. The van der Waals surface area contributed by atoms with E-state index in [9.17, 15) is 32.7 Å². The molecule has 2 fully saturated rings. The van der Waals surface area contributed by atoms with Crippen LogP contribution in [0, 0.1) is 37.5 Å². The molecule has 64 heavy (non-hydrogen) atoms. The predicted octanol–water partition coefficient (Wildman–Crippen LogP) is 3.41. The van der Waals surface area contributed by atoms with E-state index in [1.807, 2.05) is 56.3 Å². The molecule has 2 amide bonds. The van der Waals surface area contributed by atoms with Crippen molar-refractivity contribution < 1.29 is 84.1 Å². The number of halogens is 6. The first-order valence-electron chi connectivity index (χ1n) is 19.2. The molecule has 6 aromatic rings. The van der Waals surface area contributed by atoms with Gasteiger partial charge in [0.15, 0.2) is 0 Å². The Morgan fingerprint density at radius 3 is 1.55 bits per heavy atom. The second-order valence-corrected chi connectivity index (χ2v) is 15.9. The van der Waals surface area contributed by atoms with Crippen molar-refractivity contribution >= 4 is 59.1 Å². The molecule has 2 aromatic carbocycles. The third kappa shape index (κ3) is 12.4. The molecule has 4 aromatic heterocycles. The fourth-order valence-electron chi connectivity index (χ4n) is 6.47. The average Bonchev–Trinajstić information content (AvgIpc) is 4.01. The topological polar surface area (TPSA) is 142 Å². The number of amides is 2. The van der Waals surface area contributed by atoms with E-state index >= 15 is 0 Å². The Bertz CT molecular complexity index is 2800. The van der Waals surface area contributed by atoms with Crippen LogP contribution in [0.3, 0.4) is 0 Å². The van der Waals surface area contributed by atoms with Crippen molar-refractivity contribution in [3.05, 3.63) is 135 Å². The summed E-state index contributed by atoms with van der Waals surface area (Å²) in [5.74, 6) is 9.62. The second kappa shape index (κ2) is 21.2. The Hall–Kier alpha value is -4.50. The summed E-state index contributed by atoms with van der Waals surface area (Å²) in [5.41, 5.74) is 1.77. The quantitative estimate of drug-likeness (QED) is 0.156. The molecule has 20 heteroatoms. The molecule has 0 aliphatic carbocycles. The molecule has 0 bridgehead atoms. The number of hydrogen-bond acceptors (Lipinski definition) is 8. The van der Waals surface area contributed by atoms with Gasteiger partial charge in [0, 0.05) is 98.7 Å². The van der Waals surface area contributed by atoms with Crippen molar-refractivity contribution in [3.63, 3.8) is 0 Å². The van der Waals surface area contributed by atoms with Gasteiger partial charge in [-0.05, 0) is 50.2 Å². The molecule has 2 saturated heterocycles. The summed E-state index contributed by atoms with van der Waals surface area (Å²) in [6, 6.07) is 22.9. The molecule has 324 valence electrons. The van der Waals surface area contributed by atoms with E-state index < -0.39 is 29.5 Å². The summed E-state index contributed by atoms with van der Waals surface area (Å²) in [4.78, 5) is 34.9. The van der Waals surface area contributed by atoms with Crippen LogP contribution in [0.4, 0.5) is 12.9 Å². The number of nitrogens with zero attached hydrogens (tertiary/aromatic N) is 8. The molecule has 0 unspecified atom stereocenters. The van der Waals surface area contributed by atoms with E-state index in [1.165, 1.54) is 29.0 Å². The van der Waals surface area contributed by atoms with Gasteiger partial charge in [-0.2, -0.15) is 10.2 Å². The third-order valence-electron chi connectivity index (χ3n) is 9.95. The zero-order chi connectivity index (χ0) is 45.7. The van der Waals surface area contributed by atoms with Crippen LogP contribution in [0.5, 0.6) is 0 Å². The van der Waals surface area contributed by atoms with Crippen molar-refractivity contribution in [2.45, 2.75) is 37.9 Å². The van der Waals surface area contributed by atoms with Gasteiger partial charge in [0.1, 0.15) is 15.5 Å². The molecule has 0 radical (unpaired) electrons. The first-order valence-corrected chi connectivity index (χ1v) is 20.3. The van der Waals surface area contributed by atoms with Crippen LogP contribution in [-0.4, -0.2) is 107 Å². The molecule has 0 saturated carbocycles. The van der Waals surface area contributed by atoms with Gasteiger partial charge < -0.3 is 33.0 Å². The number of aliphatic hydroxyl groups is 2. The third-order valence-corrected chi connectivity index (χ3v) is 10.5. The number of rotatable bonds is 4. The molecule has 12 nitrogen and oxygen atoms in total. The minimum absolute atomic E-state index is 0. The number of aromatic nitrogens is 6. The number of pyridine rings is 2. The summed E-state index contributed by atoms with van der Waals surface area (Å²) in [6.45, 7) is -0.310. The maximum Gasteiger partial charge on any atom is 1.00 e. The standard InChI is InChI=1S/C22H19ClN4O2.C13H12BF3NO2.C9H7Cl2N3.K/c1-15-7-10-24-27(15)18-13-19(25-20(23)14-18)17-5-3-4-16(12-17)6-8-22(29)9-11-26(2)21(22)28;1-18-8-7-13(20,12(18)19)6-5-10-3-2-4-11(9-10)14(15,16)17;1-6-2-3-12-14(6)7-4-8(10)13-9(11)5-7;/h3-5,7,10,12-14,29H,9,11H2,1-2H3;2-4,9,20H,7-8H2,1H3;2-5H,1H3;/q;-1;;+1/t22-;13-;;/m00../s1. The number of benzene rings is 2. The normalized spacial score (nSPS) is 17.8. The van der Waals surface area contributed by atoms with Gasteiger partial charge in [-0.3, -0.25) is 9.59 Å². The monoisotopic (exact) mass is 954 g/mol. The number of likely N-dealkylation sites (tertiary alicyclic amines) is 2. The van der Waals surface area contributed by atoms with Crippen LogP contribution in [0.2, 0.25) is 15.5 Å². The van der Waals surface area contributed by atoms with Crippen LogP contribution in [-0.2, 0) is 9.59 Å². The van der Waals surface area contributed by atoms with Crippen LogP contribution >= 0.6 is 34.8 Å². The minimum atomic E-state index is -5.09. The Balaban J connectivity index is 0.000000192. The summed E-state index contributed by atoms with van der Waals surface area (Å²) >= 11 is 17.8. The maximum absolute atomic E-state index is 12.6. The SMILES string of the molecule is CN1CC[C@@](O)(C#Cc2cccc([B-](F)(F)F)c2)C1=O.Cc1ccnn1-c1cc(Cl)nc(-c2cccc(C#C[C@]3(O)CCN(C)C3=O)c2)c1.Cc1ccnn1-c1cc(Cl)nc(Cl)c1.[K+]. The second-order valence-electron chi connectivity index (χ2n) is 14.7. The van der Waals surface area contributed by atoms with E-state index in [-0.39, 0.29) is 69.3 Å². The van der Waals surface area contributed by atoms with Crippen molar-refractivity contribution in [2.24, 2.45) is 0 Å². The molecule has 6 heterocycles. The molecular weight excluding hydrogens is 918 g/mol. The van der Waals surface area contributed by atoms with E-state index in [4.69, 9.17) is 34.8 Å². The van der Waals surface area contributed by atoms with E-state index in [2.05, 4.69) is 43.8 Å². The molecule has 8 rings (SSSR count). The van der Waals surface area contributed by atoms with Crippen molar-refractivity contribution in [2.75, 3.05) is 27.2 Å². The Morgan fingerprint density at radius 2 is 1.11 bits per heavy atom. The van der Waals surface area contributed by atoms with Gasteiger partial charge in [-0.15, -0.1) is 5.46 Å². The number of carbonyl (C=O) groups is 2. The number of carbonyl (C=O) groups excluding carboxylic acids is 2. The first kappa shape index (κ1) is 50.5. The van der Waals surface area contributed by atoms with Crippen LogP contribution in [0.15, 0.2) is 97.3 Å². The number of aryl methyl sites for hydroxylation is 2. The van der Waals surface area contributed by atoms with Gasteiger partial charge in [0.25, 0.3) is 11.8 Å². The van der Waals surface area contributed by atoms with Gasteiger partial charge in [-0.25, -0.2) is 19.3 Å². The maximum atomic E-state index is 12.6.